The maximum atomic E-state index is 12.3. The minimum Gasteiger partial charge on any atom is -0.444 e. The van der Waals surface area contributed by atoms with Gasteiger partial charge in [0.15, 0.2) is 0 Å². The van der Waals surface area contributed by atoms with Crippen LogP contribution >= 0.6 is 0 Å². The normalized spacial score (nSPS) is 20.0. The number of amides is 2. The Balaban J connectivity index is 0.000000259. The van der Waals surface area contributed by atoms with Crippen molar-refractivity contribution in [2.24, 2.45) is 11.8 Å². The molecule has 284 valence electrons. The van der Waals surface area contributed by atoms with E-state index in [1.807, 2.05) is 41.5 Å². The largest absolute Gasteiger partial charge is 0.444 e. The Labute approximate surface area is 405 Å². The zero-order valence-electron chi connectivity index (χ0n) is 38.5. The van der Waals surface area contributed by atoms with E-state index in [2.05, 4.69) is 40.5 Å². The Morgan fingerprint density at radius 2 is 1.03 bits per heavy atom. The molecule has 4 aliphatic rings. The molecule has 4 atom stereocenters. The molecule has 5 rings (SSSR count). The number of piperidine rings is 2. The molecule has 1 aromatic rings. The van der Waals surface area contributed by atoms with Gasteiger partial charge in [-0.15, -0.1) is 0 Å². The van der Waals surface area contributed by atoms with Gasteiger partial charge in [0.05, 0.1) is 6.04 Å². The third-order valence-electron chi connectivity index (χ3n) is 12.1. The minimum atomic E-state index is -1.02. The standard InChI is InChI=1S/C16H28N2O4.C13H18N2.B26/c1-15(2,3)21-13(19)17-8-11-7-12(10-17)18(9-11)14(20)22-16(4,5)6;1-2-4-11(5-3-1)8-15-9-12-6-13(10-15)14-7-12;1-15(2)22(16(3)4)25(21(13)14)26(23(17(5)6)18(7)8)24(19(9)10)20(11)12/h11-12H,7-10H2,1-6H3;1-5,12-14H,6-10H2;. The van der Waals surface area contributed by atoms with E-state index < -0.39 is 87.8 Å². The van der Waals surface area contributed by atoms with E-state index in [-0.39, 0.29) is 18.2 Å². The van der Waals surface area contributed by atoms with Crippen LogP contribution in [0.1, 0.15) is 59.9 Å². The minimum absolute atomic E-state index is 0.0288. The molecule has 4 heterocycles. The van der Waals surface area contributed by atoms with Gasteiger partial charge in [-0.3, -0.25) is 4.90 Å². The van der Waals surface area contributed by atoms with Crippen LogP contribution in [0.5, 0.6) is 0 Å². The van der Waals surface area contributed by atoms with Gasteiger partial charge in [0.2, 0.25) is 0 Å². The van der Waals surface area contributed by atoms with Crippen molar-refractivity contribution in [3.8, 4) is 0 Å². The van der Waals surface area contributed by atoms with Gasteiger partial charge in [-0.1, -0.05) is 30.3 Å². The molecule has 1 N–H and O–H groups in total. The van der Waals surface area contributed by atoms with Crippen LogP contribution in [-0.2, 0) is 16.0 Å². The number of likely N-dealkylation sites (tertiary alicyclic amines) is 3. The molecular formula is C29H46B26N4O4. The molecule has 63 heavy (non-hydrogen) atoms. The molecule has 4 bridgehead atoms. The molecule has 0 spiro atoms. The van der Waals surface area contributed by atoms with E-state index in [4.69, 9.17) is 118 Å². The van der Waals surface area contributed by atoms with Crippen molar-refractivity contribution in [3.05, 3.63) is 35.9 Å². The second kappa shape index (κ2) is 25.1. The summed E-state index contributed by atoms with van der Waals surface area (Å²) in [4.78, 5) is 30.6. The Morgan fingerprint density at radius 3 is 1.48 bits per heavy atom. The van der Waals surface area contributed by atoms with Gasteiger partial charge in [-0.05, 0) is 78.3 Å². The highest BCUT2D eigenvalue weighted by molar-refractivity contribution is 8.25. The molecule has 2 amide bonds. The molecular weight excluding hydrogens is 749 g/mol. The van der Waals surface area contributed by atoms with Crippen LogP contribution in [0, 0.1) is 11.8 Å². The summed E-state index contributed by atoms with van der Waals surface area (Å²) in [5.74, 6) is 1.20. The first-order chi connectivity index (χ1) is 29.1. The SMILES string of the molecule is CC(C)(C)OC(=O)N1CC2CC(C1)N(C(=O)OC(C)(C)C)C2.[B]B([B])B(B([B])[B])B(B([B])[B])B(B(B([B])[B])B([B])[B])B(B([B])[B])B([B])[B].c1ccc(CN2CC3CNC(C3)C2)cc1. The summed E-state index contributed by atoms with van der Waals surface area (Å²) in [5, 5.41) is 3.59. The third kappa shape index (κ3) is 17.8. The van der Waals surface area contributed by atoms with Crippen LogP contribution in [0.3, 0.4) is 0 Å². The van der Waals surface area contributed by atoms with Gasteiger partial charge >= 0.3 is 12.2 Å². The fraction of sp³-hybridized carbons (Fsp3) is 0.724. The van der Waals surface area contributed by atoms with Gasteiger partial charge in [0.1, 0.15) is 11.2 Å². The molecule has 4 aliphatic heterocycles. The summed E-state index contributed by atoms with van der Waals surface area (Å²) in [5.41, 5.74) is 0.440. The van der Waals surface area contributed by atoms with Crippen LogP contribution in [-0.4, -0.2) is 274 Å². The van der Waals surface area contributed by atoms with Crippen LogP contribution in [0.4, 0.5) is 9.59 Å². The summed E-state index contributed by atoms with van der Waals surface area (Å²) >= 11 is 0. The molecule has 34 heteroatoms. The highest BCUT2D eigenvalue weighted by atomic mass is 16.6. The van der Waals surface area contributed by atoms with Crippen molar-refractivity contribution >= 4 is 197 Å². The number of benzene rings is 1. The summed E-state index contributed by atoms with van der Waals surface area (Å²) in [6.07, 6.45) is -9.12. The quantitative estimate of drug-likeness (QED) is 0.201. The zero-order valence-corrected chi connectivity index (χ0v) is 38.5. The average Bonchev–Trinajstić information content (AvgIpc) is 3.63. The first kappa shape index (κ1) is 56.7. The molecule has 0 saturated carbocycles. The monoisotopic (exact) mass is 801 g/mol. The van der Waals surface area contributed by atoms with E-state index in [1.165, 1.54) is 31.6 Å². The molecule has 4 fully saturated rings. The molecule has 8 nitrogen and oxygen atoms in total. The van der Waals surface area contributed by atoms with Crippen molar-refractivity contribution in [1.82, 2.24) is 20.0 Å². The molecule has 28 radical (unpaired) electrons. The van der Waals surface area contributed by atoms with Crippen molar-refractivity contribution in [2.45, 2.75) is 84.2 Å². The van der Waals surface area contributed by atoms with Gasteiger partial charge in [-0.25, -0.2) is 9.59 Å². The average molecular weight is 796 g/mol. The van der Waals surface area contributed by atoms with Crippen molar-refractivity contribution in [1.29, 1.82) is 0 Å². The lowest BCUT2D eigenvalue weighted by atomic mass is 8.34. The molecule has 0 aliphatic carbocycles. The highest BCUT2D eigenvalue weighted by Gasteiger charge is 2.50. The lowest BCUT2D eigenvalue weighted by Gasteiger charge is -2.48. The zero-order chi connectivity index (χ0) is 47.7. The van der Waals surface area contributed by atoms with E-state index in [9.17, 15) is 9.59 Å². The van der Waals surface area contributed by atoms with Crippen LogP contribution in [0.25, 0.3) is 0 Å². The fourth-order valence-corrected chi connectivity index (χ4v) is 9.73. The number of nitrogens with zero attached hydrogens (tertiary/aromatic N) is 3. The summed E-state index contributed by atoms with van der Waals surface area (Å²) in [7, 11) is 82.9. The first-order valence-electron chi connectivity index (χ1n) is 22.1. The Hall–Kier alpha value is -0.632. The molecule has 1 aromatic carbocycles. The van der Waals surface area contributed by atoms with E-state index in [0.29, 0.717) is 25.6 Å². The van der Waals surface area contributed by atoms with Crippen molar-refractivity contribution in [3.63, 3.8) is 0 Å². The maximum absolute atomic E-state index is 12.3. The van der Waals surface area contributed by atoms with Gasteiger partial charge in [0.25, 0.3) is 0 Å². The van der Waals surface area contributed by atoms with Crippen LogP contribution in [0.2, 0.25) is 0 Å². The Bertz CT molecular complexity index is 1490. The number of hydrogen-bond acceptors (Lipinski definition) is 6. The third-order valence-corrected chi connectivity index (χ3v) is 12.1. The second-order valence-corrected chi connectivity index (χ2v) is 20.1. The van der Waals surface area contributed by atoms with E-state index in [0.717, 1.165) is 24.9 Å². The molecule has 0 aromatic heterocycles. The Morgan fingerprint density at radius 1 is 0.571 bits per heavy atom. The fourth-order valence-electron chi connectivity index (χ4n) is 9.73. The number of ether oxygens (including phenoxy) is 2. The molecule has 4 saturated heterocycles. The van der Waals surface area contributed by atoms with E-state index >= 15 is 0 Å². The van der Waals surface area contributed by atoms with Gasteiger partial charge in [-0.2, -0.15) is 0 Å². The summed E-state index contributed by atoms with van der Waals surface area (Å²) < 4.78 is 10.9. The highest BCUT2D eigenvalue weighted by Crippen LogP contribution is 2.32. The number of rotatable bonds is 13. The lowest BCUT2D eigenvalue weighted by Crippen LogP contribution is -2.86. The number of carbonyl (C=O) groups is 2. The first-order valence-corrected chi connectivity index (χ1v) is 22.1. The predicted molar refractivity (Wildman–Crippen MR) is 294 cm³/mol. The van der Waals surface area contributed by atoms with Crippen LogP contribution in [0.15, 0.2) is 30.3 Å². The molecule has 4 unspecified atom stereocenters. The van der Waals surface area contributed by atoms with Crippen molar-refractivity contribution < 1.29 is 19.1 Å². The maximum Gasteiger partial charge on any atom is 0.410 e. The van der Waals surface area contributed by atoms with Crippen molar-refractivity contribution in [2.75, 3.05) is 39.3 Å². The topological polar surface area (TPSA) is 74.3 Å². The number of fused-ring (bicyclic) bond motifs is 4. The lowest BCUT2D eigenvalue weighted by molar-refractivity contribution is 0.00936. The summed E-state index contributed by atoms with van der Waals surface area (Å²) in [6, 6.07) is 11.6. The number of carbonyl (C=O) groups excluding carboxylic acids is 2. The predicted octanol–water partition coefficient (Wildman–Crippen LogP) is -5.56. The van der Waals surface area contributed by atoms with Gasteiger partial charge < -0.3 is 24.6 Å². The summed E-state index contributed by atoms with van der Waals surface area (Å²) in [6.45, 7) is 17.8. The van der Waals surface area contributed by atoms with Gasteiger partial charge in [0, 0.05) is 230 Å². The number of nitrogens with one attached hydrogen (secondary N) is 1. The second-order valence-electron chi connectivity index (χ2n) is 20.1. The van der Waals surface area contributed by atoms with E-state index in [1.54, 1.807) is 9.80 Å². The smallest absolute Gasteiger partial charge is 0.410 e. The van der Waals surface area contributed by atoms with Crippen LogP contribution < -0.4 is 5.32 Å². The Kier molecular flexibility index (Phi) is 22.6. The number of hydrogen-bond donors (Lipinski definition) is 1.